The molecule has 2 N–H and O–H groups in total. The fourth-order valence-electron chi connectivity index (χ4n) is 2.87. The number of aliphatic hydroxyl groups is 1. The van der Waals surface area contributed by atoms with E-state index in [2.05, 4.69) is 16.4 Å². The number of nitrogens with zero attached hydrogens (tertiary/aromatic N) is 3. The second kappa shape index (κ2) is 6.34. The second-order valence-electron chi connectivity index (χ2n) is 6.24. The van der Waals surface area contributed by atoms with Crippen molar-refractivity contribution in [3.8, 4) is 6.07 Å². The normalized spacial score (nSPS) is 13.8. The largest absolute Gasteiger partial charge is 0.387 e. The molecule has 1 aromatic carbocycles. The Kier molecular flexibility index (Phi) is 4.39. The van der Waals surface area contributed by atoms with E-state index >= 15 is 0 Å². The number of anilines is 1. The maximum absolute atomic E-state index is 10.4. The van der Waals surface area contributed by atoms with Gasteiger partial charge in [-0.1, -0.05) is 12.1 Å². The van der Waals surface area contributed by atoms with Crippen LogP contribution in [0.3, 0.4) is 0 Å². The maximum atomic E-state index is 10.4. The molecule has 0 saturated heterocycles. The number of fused-ring (bicyclic) bond motifs is 3. The first kappa shape index (κ1) is 16.6. The number of aryl methyl sites for hydroxylation is 1. The number of nitriles is 1. The highest BCUT2D eigenvalue weighted by molar-refractivity contribution is 7.98. The molecule has 0 saturated carbocycles. The van der Waals surface area contributed by atoms with Crippen LogP contribution in [-0.2, 0) is 0 Å². The van der Waals surface area contributed by atoms with Gasteiger partial charge in [-0.3, -0.25) is 4.40 Å². The number of thioether (sulfide) groups is 1. The van der Waals surface area contributed by atoms with Crippen LogP contribution in [0, 0.1) is 18.3 Å². The second-order valence-corrected chi connectivity index (χ2v) is 7.11. The molecule has 3 aromatic rings. The number of rotatable bonds is 5. The average Bonchev–Trinajstić information content (AvgIpc) is 2.92. The van der Waals surface area contributed by atoms with Crippen LogP contribution < -0.4 is 5.32 Å². The summed E-state index contributed by atoms with van der Waals surface area (Å²) in [5.41, 5.74) is 3.06. The van der Waals surface area contributed by atoms with Gasteiger partial charge < -0.3 is 10.4 Å². The monoisotopic (exact) mass is 340 g/mol. The maximum Gasteiger partial charge on any atom is 0.157 e. The van der Waals surface area contributed by atoms with E-state index in [-0.39, 0.29) is 0 Å². The number of hydrogen-bond acceptors (Lipinski definition) is 5. The van der Waals surface area contributed by atoms with Crippen molar-refractivity contribution < 1.29 is 5.11 Å². The minimum absolute atomic E-state index is 0.417. The zero-order valence-corrected chi connectivity index (χ0v) is 14.8. The molecular weight excluding hydrogens is 320 g/mol. The summed E-state index contributed by atoms with van der Waals surface area (Å²) in [5.74, 6) is 1.47. The van der Waals surface area contributed by atoms with Gasteiger partial charge in [-0.15, -0.1) is 0 Å². The molecule has 3 rings (SSSR count). The topological polar surface area (TPSA) is 73.3 Å². The lowest BCUT2D eigenvalue weighted by Crippen LogP contribution is -2.36. The molecule has 1 atom stereocenters. The van der Waals surface area contributed by atoms with Gasteiger partial charge in [0.15, 0.2) is 5.65 Å². The van der Waals surface area contributed by atoms with Crippen molar-refractivity contribution in [1.82, 2.24) is 9.38 Å². The molecule has 5 nitrogen and oxygen atoms in total. The Labute approximate surface area is 145 Å². The molecule has 0 fully saturated rings. The number of imidazole rings is 1. The number of nitrogens with one attached hydrogen (secondary N) is 1. The summed E-state index contributed by atoms with van der Waals surface area (Å²) in [6, 6.07) is 12.0. The van der Waals surface area contributed by atoms with Gasteiger partial charge >= 0.3 is 0 Å². The summed E-state index contributed by atoms with van der Waals surface area (Å²) < 4.78 is 1.95. The third-order valence-electron chi connectivity index (χ3n) is 3.99. The molecule has 2 heterocycles. The fourth-order valence-corrected chi connectivity index (χ4v) is 3.59. The number of benzene rings is 1. The Morgan fingerprint density at radius 2 is 2.17 bits per heavy atom. The quantitative estimate of drug-likeness (QED) is 0.746. The summed E-state index contributed by atoms with van der Waals surface area (Å²) in [6.07, 6.45) is 1.97. The van der Waals surface area contributed by atoms with Crippen LogP contribution in [0.1, 0.15) is 18.1 Å². The first-order valence-electron chi connectivity index (χ1n) is 7.73. The molecule has 6 heteroatoms. The Morgan fingerprint density at radius 3 is 2.88 bits per heavy atom. The molecule has 24 heavy (non-hydrogen) atoms. The van der Waals surface area contributed by atoms with Crippen LogP contribution in [0.5, 0.6) is 0 Å². The Balaban J connectivity index is 2.16. The van der Waals surface area contributed by atoms with E-state index in [0.29, 0.717) is 23.5 Å². The Hall–Kier alpha value is -2.23. The number of aromatic nitrogens is 2. The lowest BCUT2D eigenvalue weighted by Gasteiger charge is -2.24. The first-order valence-corrected chi connectivity index (χ1v) is 9.12. The SMILES string of the molecule is CSCC(C)(O)CNc1cc(C)c(C#N)c2nc3ccccc3n12. The van der Waals surface area contributed by atoms with E-state index in [9.17, 15) is 10.4 Å². The van der Waals surface area contributed by atoms with Gasteiger partial charge in [-0.05, 0) is 43.9 Å². The number of hydrogen-bond donors (Lipinski definition) is 2. The lowest BCUT2D eigenvalue weighted by atomic mass is 10.1. The molecule has 0 aliphatic heterocycles. The van der Waals surface area contributed by atoms with Gasteiger partial charge in [-0.25, -0.2) is 4.98 Å². The van der Waals surface area contributed by atoms with E-state index in [4.69, 9.17) is 0 Å². The van der Waals surface area contributed by atoms with Crippen molar-refractivity contribution in [2.45, 2.75) is 19.4 Å². The molecule has 1 unspecified atom stereocenters. The van der Waals surface area contributed by atoms with Crippen LogP contribution in [0.15, 0.2) is 30.3 Å². The van der Waals surface area contributed by atoms with Gasteiger partial charge in [0.2, 0.25) is 0 Å². The smallest absolute Gasteiger partial charge is 0.157 e. The molecule has 0 aliphatic rings. The molecular formula is C18H20N4OS. The van der Waals surface area contributed by atoms with Crippen LogP contribution in [-0.4, -0.2) is 38.6 Å². The zero-order chi connectivity index (χ0) is 17.3. The van der Waals surface area contributed by atoms with Crippen molar-refractivity contribution in [2.24, 2.45) is 0 Å². The van der Waals surface area contributed by atoms with E-state index in [1.165, 1.54) is 0 Å². The highest BCUT2D eigenvalue weighted by atomic mass is 32.2. The average molecular weight is 340 g/mol. The fraction of sp³-hybridized carbons (Fsp3) is 0.333. The summed E-state index contributed by atoms with van der Waals surface area (Å²) in [7, 11) is 0. The van der Waals surface area contributed by atoms with Gasteiger partial charge in [0.25, 0.3) is 0 Å². The van der Waals surface area contributed by atoms with Crippen molar-refractivity contribution in [3.63, 3.8) is 0 Å². The van der Waals surface area contributed by atoms with E-state index in [0.717, 1.165) is 22.4 Å². The van der Waals surface area contributed by atoms with Crippen LogP contribution in [0.25, 0.3) is 16.7 Å². The molecule has 0 radical (unpaired) electrons. The zero-order valence-electron chi connectivity index (χ0n) is 14.0. The molecule has 124 valence electrons. The highest BCUT2D eigenvalue weighted by Crippen LogP contribution is 2.27. The molecule has 0 spiro atoms. The first-order chi connectivity index (χ1) is 11.5. The van der Waals surface area contributed by atoms with Crippen molar-refractivity contribution in [2.75, 3.05) is 23.9 Å². The van der Waals surface area contributed by atoms with Crippen LogP contribution in [0.4, 0.5) is 5.82 Å². The van der Waals surface area contributed by atoms with Crippen molar-refractivity contribution >= 4 is 34.3 Å². The van der Waals surface area contributed by atoms with Crippen molar-refractivity contribution in [1.29, 1.82) is 5.26 Å². The molecule has 2 aromatic heterocycles. The Bertz CT molecular complexity index is 939. The van der Waals surface area contributed by atoms with Crippen LogP contribution in [0.2, 0.25) is 0 Å². The summed E-state index contributed by atoms with van der Waals surface area (Å²) in [6.45, 7) is 4.14. The third kappa shape index (κ3) is 2.93. The van der Waals surface area contributed by atoms with E-state index < -0.39 is 5.60 Å². The highest BCUT2D eigenvalue weighted by Gasteiger charge is 2.21. The summed E-state index contributed by atoms with van der Waals surface area (Å²) in [4.78, 5) is 4.62. The minimum Gasteiger partial charge on any atom is -0.387 e. The van der Waals surface area contributed by atoms with Gasteiger partial charge in [0, 0.05) is 12.3 Å². The van der Waals surface area contributed by atoms with Gasteiger partial charge in [0.1, 0.15) is 11.9 Å². The van der Waals surface area contributed by atoms with E-state index in [1.807, 2.05) is 54.8 Å². The minimum atomic E-state index is -0.816. The molecule has 0 bridgehead atoms. The lowest BCUT2D eigenvalue weighted by molar-refractivity contribution is 0.0996. The molecule has 0 amide bonds. The number of para-hydroxylation sites is 2. The van der Waals surface area contributed by atoms with Gasteiger partial charge in [-0.2, -0.15) is 17.0 Å². The summed E-state index contributed by atoms with van der Waals surface area (Å²) in [5, 5.41) is 23.2. The van der Waals surface area contributed by atoms with Crippen LogP contribution >= 0.6 is 11.8 Å². The van der Waals surface area contributed by atoms with E-state index in [1.54, 1.807) is 11.8 Å². The predicted octanol–water partition coefficient (Wildman–Crippen LogP) is 3.19. The standard InChI is InChI=1S/C18H20N4OS/c1-12-8-16(20-10-18(2,23)11-24-3)22-15-7-5-4-6-14(15)21-17(22)13(12)9-19/h4-8,20,23H,10-11H2,1-3H3. The summed E-state index contributed by atoms with van der Waals surface area (Å²) >= 11 is 1.61. The number of pyridine rings is 1. The Morgan fingerprint density at radius 1 is 1.42 bits per heavy atom. The van der Waals surface area contributed by atoms with Gasteiger partial charge in [0.05, 0.1) is 22.2 Å². The molecule has 0 aliphatic carbocycles. The van der Waals surface area contributed by atoms with Crippen molar-refractivity contribution in [3.05, 3.63) is 41.5 Å². The predicted molar refractivity (Wildman–Crippen MR) is 99.6 cm³/mol. The third-order valence-corrected chi connectivity index (χ3v) is 4.90.